The molecule has 1 saturated carbocycles. The van der Waals surface area contributed by atoms with Crippen molar-refractivity contribution in [3.05, 3.63) is 35.1 Å². The summed E-state index contributed by atoms with van der Waals surface area (Å²) < 4.78 is 37.6. The predicted molar refractivity (Wildman–Crippen MR) is 46.5 cm³/mol. The second-order valence-electron chi connectivity index (χ2n) is 3.69. The molecule has 2 rings (SSSR count). The van der Waals surface area contributed by atoms with E-state index in [2.05, 4.69) is 0 Å². The minimum atomic E-state index is -2.78. The zero-order valence-electron chi connectivity index (χ0n) is 7.43. The maximum absolute atomic E-state index is 12.9. The summed E-state index contributed by atoms with van der Waals surface area (Å²) in [5.74, 6) is -0.868. The van der Waals surface area contributed by atoms with E-state index in [0.29, 0.717) is 5.56 Å². The lowest BCUT2D eigenvalue weighted by atomic mass is 10.0. The fourth-order valence-electron chi connectivity index (χ4n) is 1.44. The van der Waals surface area contributed by atoms with Crippen LogP contribution in [0.2, 0.25) is 0 Å². The summed E-state index contributed by atoms with van der Waals surface area (Å²) in [7, 11) is 0. The molecule has 76 valence electrons. The van der Waals surface area contributed by atoms with E-state index in [1.807, 2.05) is 0 Å². The molecule has 0 bridgehead atoms. The van der Waals surface area contributed by atoms with E-state index in [1.54, 1.807) is 0 Å². The molecule has 0 aliphatic heterocycles. The van der Waals surface area contributed by atoms with Crippen LogP contribution in [-0.2, 0) is 5.54 Å². The van der Waals surface area contributed by atoms with Crippen molar-refractivity contribution < 1.29 is 13.2 Å². The van der Waals surface area contributed by atoms with Gasteiger partial charge < -0.3 is 5.73 Å². The number of hydrogen-bond donors (Lipinski definition) is 1. The number of alkyl halides is 2. The first kappa shape index (κ1) is 9.52. The maximum atomic E-state index is 12.9. The van der Waals surface area contributed by atoms with Crippen molar-refractivity contribution >= 4 is 0 Å². The van der Waals surface area contributed by atoms with Crippen LogP contribution in [0.5, 0.6) is 0 Å². The van der Waals surface area contributed by atoms with Crippen LogP contribution in [0.3, 0.4) is 0 Å². The molecular weight excluding hydrogens is 191 g/mol. The summed E-state index contributed by atoms with van der Waals surface area (Å²) in [6, 6.07) is 3.71. The molecule has 1 aliphatic rings. The largest absolute Gasteiger partial charge is 0.321 e. The van der Waals surface area contributed by atoms with Crippen LogP contribution in [-0.4, -0.2) is 0 Å². The van der Waals surface area contributed by atoms with Gasteiger partial charge in [-0.1, -0.05) is 6.07 Å². The van der Waals surface area contributed by atoms with E-state index in [-0.39, 0.29) is 0 Å². The van der Waals surface area contributed by atoms with Crippen LogP contribution in [0.25, 0.3) is 0 Å². The highest BCUT2D eigenvalue weighted by Crippen LogP contribution is 2.43. The molecule has 2 N–H and O–H groups in total. The summed E-state index contributed by atoms with van der Waals surface area (Å²) in [4.78, 5) is 0. The molecule has 0 aromatic heterocycles. The van der Waals surface area contributed by atoms with Crippen LogP contribution < -0.4 is 5.73 Å². The Kier molecular flexibility index (Phi) is 2.03. The van der Waals surface area contributed by atoms with Crippen molar-refractivity contribution in [1.82, 2.24) is 0 Å². The van der Waals surface area contributed by atoms with Gasteiger partial charge in [-0.15, -0.1) is 0 Å². The van der Waals surface area contributed by atoms with E-state index in [1.165, 1.54) is 12.1 Å². The molecule has 0 atom stereocenters. The van der Waals surface area contributed by atoms with Gasteiger partial charge in [-0.25, -0.2) is 13.2 Å². The fraction of sp³-hybridized carbons (Fsp3) is 0.400. The molecule has 0 amide bonds. The van der Waals surface area contributed by atoms with Crippen LogP contribution in [0, 0.1) is 5.82 Å². The van der Waals surface area contributed by atoms with E-state index < -0.39 is 23.3 Å². The number of halogens is 3. The Morgan fingerprint density at radius 3 is 2.43 bits per heavy atom. The molecule has 1 fully saturated rings. The molecule has 4 heteroatoms. The molecule has 0 spiro atoms. The molecule has 14 heavy (non-hydrogen) atoms. The lowest BCUT2D eigenvalue weighted by Gasteiger charge is -2.11. The fourth-order valence-corrected chi connectivity index (χ4v) is 1.44. The highest BCUT2D eigenvalue weighted by Gasteiger charge is 2.40. The van der Waals surface area contributed by atoms with Crippen molar-refractivity contribution in [2.24, 2.45) is 5.73 Å². The van der Waals surface area contributed by atoms with Gasteiger partial charge in [0.05, 0.1) is 5.56 Å². The summed E-state index contributed by atoms with van der Waals surface area (Å²) >= 11 is 0. The number of nitrogens with two attached hydrogens (primary N) is 1. The molecule has 0 unspecified atom stereocenters. The Morgan fingerprint density at radius 1 is 1.29 bits per heavy atom. The van der Waals surface area contributed by atoms with Crippen molar-refractivity contribution in [1.29, 1.82) is 0 Å². The van der Waals surface area contributed by atoms with E-state index >= 15 is 0 Å². The zero-order chi connectivity index (χ0) is 10.3. The lowest BCUT2D eigenvalue weighted by molar-refractivity contribution is 0.146. The Hall–Kier alpha value is -1.03. The normalized spacial score (nSPS) is 18.6. The molecule has 1 aromatic rings. The van der Waals surface area contributed by atoms with Crippen molar-refractivity contribution in [2.75, 3.05) is 0 Å². The average molecular weight is 201 g/mol. The van der Waals surface area contributed by atoms with E-state index in [0.717, 1.165) is 18.9 Å². The zero-order valence-corrected chi connectivity index (χ0v) is 7.43. The number of hydrogen-bond acceptors (Lipinski definition) is 1. The topological polar surface area (TPSA) is 26.0 Å². The van der Waals surface area contributed by atoms with Crippen molar-refractivity contribution in [3.63, 3.8) is 0 Å². The Labute approximate surface area is 79.7 Å². The maximum Gasteiger partial charge on any atom is 0.266 e. The molecule has 0 radical (unpaired) electrons. The Bertz CT molecular complexity index is 358. The highest BCUT2D eigenvalue weighted by molar-refractivity contribution is 5.34. The third-order valence-electron chi connectivity index (χ3n) is 2.59. The van der Waals surface area contributed by atoms with Gasteiger partial charge in [-0.2, -0.15) is 0 Å². The quantitative estimate of drug-likeness (QED) is 0.782. The minimum absolute atomic E-state index is 0.489. The minimum Gasteiger partial charge on any atom is -0.321 e. The summed E-state index contributed by atoms with van der Waals surface area (Å²) in [6.45, 7) is 0. The standard InChI is InChI=1S/C10H10F3N/c11-8-2-1-6(10(14)3-4-10)5-7(8)9(12)13/h1-2,5,9H,3-4,14H2. The van der Waals surface area contributed by atoms with Gasteiger partial charge >= 0.3 is 0 Å². The summed E-state index contributed by atoms with van der Waals surface area (Å²) in [5.41, 5.74) is 5.38. The first-order valence-corrected chi connectivity index (χ1v) is 4.40. The molecular formula is C10H10F3N. The van der Waals surface area contributed by atoms with Gasteiger partial charge in [0.25, 0.3) is 6.43 Å². The second-order valence-corrected chi connectivity index (χ2v) is 3.69. The van der Waals surface area contributed by atoms with E-state index in [4.69, 9.17) is 5.73 Å². The summed E-state index contributed by atoms with van der Waals surface area (Å²) in [6.07, 6.45) is -1.22. The van der Waals surface area contributed by atoms with Crippen LogP contribution >= 0.6 is 0 Å². The lowest BCUT2D eigenvalue weighted by Crippen LogP contribution is -2.19. The highest BCUT2D eigenvalue weighted by atomic mass is 19.3. The molecule has 1 aromatic carbocycles. The third kappa shape index (κ3) is 1.50. The van der Waals surface area contributed by atoms with Gasteiger partial charge in [0.15, 0.2) is 0 Å². The van der Waals surface area contributed by atoms with Crippen LogP contribution in [0.1, 0.15) is 30.4 Å². The smallest absolute Gasteiger partial charge is 0.266 e. The third-order valence-corrected chi connectivity index (χ3v) is 2.59. The molecule has 1 aliphatic carbocycles. The van der Waals surface area contributed by atoms with Gasteiger partial charge in [-0.05, 0) is 30.5 Å². The molecule has 1 nitrogen and oxygen atoms in total. The first-order valence-electron chi connectivity index (χ1n) is 4.40. The Morgan fingerprint density at radius 2 is 1.93 bits per heavy atom. The number of benzene rings is 1. The van der Waals surface area contributed by atoms with Crippen LogP contribution in [0.4, 0.5) is 13.2 Å². The van der Waals surface area contributed by atoms with Gasteiger partial charge in [0, 0.05) is 5.54 Å². The van der Waals surface area contributed by atoms with Crippen molar-refractivity contribution in [2.45, 2.75) is 24.8 Å². The number of rotatable bonds is 2. The molecule has 0 saturated heterocycles. The van der Waals surface area contributed by atoms with Gasteiger partial charge in [0.2, 0.25) is 0 Å². The van der Waals surface area contributed by atoms with E-state index in [9.17, 15) is 13.2 Å². The predicted octanol–water partition coefficient (Wildman–Crippen LogP) is 2.71. The van der Waals surface area contributed by atoms with Crippen molar-refractivity contribution in [3.8, 4) is 0 Å². The first-order chi connectivity index (χ1) is 6.53. The molecule has 0 heterocycles. The van der Waals surface area contributed by atoms with Gasteiger partial charge in [-0.3, -0.25) is 0 Å². The SMILES string of the molecule is NC1(c2ccc(F)c(C(F)F)c2)CC1. The monoisotopic (exact) mass is 201 g/mol. The summed E-state index contributed by atoms with van der Waals surface area (Å²) in [5, 5.41) is 0. The van der Waals surface area contributed by atoms with Crippen LogP contribution in [0.15, 0.2) is 18.2 Å². The second kappa shape index (κ2) is 2.98. The Balaban J connectivity index is 2.41. The average Bonchev–Trinajstić information content (AvgIpc) is 2.85. The van der Waals surface area contributed by atoms with Gasteiger partial charge in [0.1, 0.15) is 5.82 Å².